The van der Waals surface area contributed by atoms with Crippen LogP contribution in [0.25, 0.3) is 0 Å². The lowest BCUT2D eigenvalue weighted by molar-refractivity contribution is -0.133. The van der Waals surface area contributed by atoms with Gasteiger partial charge in [0.2, 0.25) is 5.91 Å². The Morgan fingerprint density at radius 3 is 2.47 bits per heavy atom. The van der Waals surface area contributed by atoms with E-state index in [0.717, 1.165) is 31.2 Å². The van der Waals surface area contributed by atoms with Crippen LogP contribution >= 0.6 is 0 Å². The van der Waals surface area contributed by atoms with Gasteiger partial charge in [0.1, 0.15) is 0 Å². The predicted octanol–water partition coefficient (Wildman–Crippen LogP) is 2.81. The fourth-order valence-corrected chi connectivity index (χ4v) is 2.81. The van der Waals surface area contributed by atoms with E-state index in [4.69, 9.17) is 0 Å². The van der Waals surface area contributed by atoms with Crippen LogP contribution in [0.5, 0.6) is 0 Å². The van der Waals surface area contributed by atoms with Crippen molar-refractivity contribution in [2.24, 2.45) is 5.41 Å². The number of aliphatic hydroxyl groups excluding tert-OH is 1. The molecule has 1 aromatic rings. The summed E-state index contributed by atoms with van der Waals surface area (Å²) in [5, 5.41) is 12.5. The number of hydrogen-bond acceptors (Lipinski definition) is 2. The largest absolute Gasteiger partial charge is 0.394 e. The average Bonchev–Trinajstić information content (AvgIpc) is 2.46. The zero-order valence-electron chi connectivity index (χ0n) is 11.6. The van der Waals surface area contributed by atoms with Crippen LogP contribution in [-0.4, -0.2) is 17.6 Å². The molecule has 1 aromatic carbocycles. The van der Waals surface area contributed by atoms with E-state index in [1.165, 1.54) is 6.42 Å². The van der Waals surface area contributed by atoms with Gasteiger partial charge in [-0.1, -0.05) is 56.5 Å². The van der Waals surface area contributed by atoms with Crippen molar-refractivity contribution < 1.29 is 9.90 Å². The van der Waals surface area contributed by atoms with Crippen LogP contribution in [-0.2, 0) is 4.79 Å². The van der Waals surface area contributed by atoms with Gasteiger partial charge in [-0.3, -0.25) is 4.79 Å². The maximum atomic E-state index is 12.4. The Hall–Kier alpha value is -1.35. The minimum atomic E-state index is -0.299. The van der Waals surface area contributed by atoms with Crippen molar-refractivity contribution >= 4 is 5.91 Å². The first kappa shape index (κ1) is 14.1. The Bertz CT molecular complexity index is 410. The maximum absolute atomic E-state index is 12.4. The molecule has 104 valence electrons. The first-order valence-electron chi connectivity index (χ1n) is 7.12. The molecule has 19 heavy (non-hydrogen) atoms. The summed E-state index contributed by atoms with van der Waals surface area (Å²) in [6.45, 7) is 1.98. The molecule has 0 aliphatic heterocycles. The highest BCUT2D eigenvalue weighted by atomic mass is 16.3. The number of rotatable bonds is 4. The number of carbonyl (C=O) groups is 1. The molecule has 0 unspecified atom stereocenters. The normalized spacial score (nSPS) is 19.7. The summed E-state index contributed by atoms with van der Waals surface area (Å²) in [5.74, 6) is 0.0788. The molecule has 2 N–H and O–H groups in total. The summed E-state index contributed by atoms with van der Waals surface area (Å²) in [5.41, 5.74) is 0.693. The first-order chi connectivity index (χ1) is 9.15. The Morgan fingerprint density at radius 2 is 1.89 bits per heavy atom. The van der Waals surface area contributed by atoms with E-state index in [1.807, 2.05) is 37.3 Å². The molecule has 0 saturated heterocycles. The van der Waals surface area contributed by atoms with Crippen molar-refractivity contribution in [3.05, 3.63) is 35.9 Å². The molecule has 1 saturated carbocycles. The van der Waals surface area contributed by atoms with Crippen LogP contribution < -0.4 is 5.32 Å². The van der Waals surface area contributed by atoms with Crippen molar-refractivity contribution in [3.8, 4) is 0 Å². The summed E-state index contributed by atoms with van der Waals surface area (Å²) >= 11 is 0. The Balaban J connectivity index is 2.04. The minimum absolute atomic E-state index is 0.0637. The summed E-state index contributed by atoms with van der Waals surface area (Å²) in [6, 6.07) is 9.35. The van der Waals surface area contributed by atoms with Gasteiger partial charge in [0.25, 0.3) is 0 Å². The zero-order chi connectivity index (χ0) is 13.7. The molecular formula is C16H23NO2. The third kappa shape index (κ3) is 3.35. The highest BCUT2D eigenvalue weighted by molar-refractivity contribution is 5.82. The van der Waals surface area contributed by atoms with Gasteiger partial charge in [-0.15, -0.1) is 0 Å². The lowest BCUT2D eigenvalue weighted by atomic mass is 9.75. The van der Waals surface area contributed by atoms with E-state index >= 15 is 0 Å². The molecule has 1 fully saturated rings. The van der Waals surface area contributed by atoms with Gasteiger partial charge in [0.05, 0.1) is 12.6 Å². The maximum Gasteiger partial charge on any atom is 0.226 e. The van der Waals surface area contributed by atoms with Crippen LogP contribution in [0.1, 0.15) is 50.6 Å². The van der Waals surface area contributed by atoms with Gasteiger partial charge < -0.3 is 10.4 Å². The van der Waals surface area contributed by atoms with E-state index < -0.39 is 0 Å². The van der Waals surface area contributed by atoms with E-state index in [2.05, 4.69) is 5.32 Å². The highest BCUT2D eigenvalue weighted by Crippen LogP contribution is 2.36. The Kier molecular flexibility index (Phi) is 4.59. The fraction of sp³-hybridized carbons (Fsp3) is 0.562. The average molecular weight is 261 g/mol. The number of benzene rings is 1. The number of carbonyl (C=O) groups excluding carboxylic acids is 1. The van der Waals surface area contributed by atoms with Crippen LogP contribution in [0.15, 0.2) is 30.3 Å². The molecule has 3 heteroatoms. The van der Waals surface area contributed by atoms with Gasteiger partial charge in [-0.05, 0) is 18.4 Å². The van der Waals surface area contributed by atoms with Gasteiger partial charge in [0.15, 0.2) is 0 Å². The van der Waals surface area contributed by atoms with Crippen LogP contribution in [0.4, 0.5) is 0 Å². The SMILES string of the molecule is CC1(C(=O)N[C@@H](CO)c2ccccc2)CCCCC1. The van der Waals surface area contributed by atoms with Crippen LogP contribution in [0.3, 0.4) is 0 Å². The van der Waals surface area contributed by atoms with E-state index in [9.17, 15) is 9.90 Å². The van der Waals surface area contributed by atoms with Crippen LogP contribution in [0, 0.1) is 5.41 Å². The third-order valence-corrected chi connectivity index (χ3v) is 4.20. The molecule has 1 aliphatic carbocycles. The molecule has 1 aliphatic rings. The quantitative estimate of drug-likeness (QED) is 0.875. The van der Waals surface area contributed by atoms with Crippen molar-refractivity contribution in [1.82, 2.24) is 5.32 Å². The summed E-state index contributed by atoms with van der Waals surface area (Å²) in [6.07, 6.45) is 5.38. The number of aliphatic hydroxyl groups is 1. The molecule has 0 heterocycles. The monoisotopic (exact) mass is 261 g/mol. The lowest BCUT2D eigenvalue weighted by Gasteiger charge is -2.33. The van der Waals surface area contributed by atoms with E-state index in [1.54, 1.807) is 0 Å². The molecule has 0 bridgehead atoms. The molecule has 3 nitrogen and oxygen atoms in total. The minimum Gasteiger partial charge on any atom is -0.394 e. The van der Waals surface area contributed by atoms with Gasteiger partial charge in [-0.25, -0.2) is 0 Å². The van der Waals surface area contributed by atoms with E-state index in [-0.39, 0.29) is 24.0 Å². The second-order valence-electron chi connectivity index (χ2n) is 5.74. The Morgan fingerprint density at radius 1 is 1.26 bits per heavy atom. The summed E-state index contributed by atoms with van der Waals surface area (Å²) < 4.78 is 0. The second-order valence-corrected chi connectivity index (χ2v) is 5.74. The Labute approximate surface area is 115 Å². The topological polar surface area (TPSA) is 49.3 Å². The van der Waals surface area contributed by atoms with E-state index in [0.29, 0.717) is 0 Å². The molecule has 1 atom stereocenters. The lowest BCUT2D eigenvalue weighted by Crippen LogP contribution is -2.42. The summed E-state index contributed by atoms with van der Waals surface area (Å²) in [4.78, 5) is 12.4. The van der Waals surface area contributed by atoms with Gasteiger partial charge in [-0.2, -0.15) is 0 Å². The number of hydrogen-bond donors (Lipinski definition) is 2. The van der Waals surface area contributed by atoms with Crippen molar-refractivity contribution in [1.29, 1.82) is 0 Å². The molecule has 1 amide bonds. The number of nitrogens with one attached hydrogen (secondary N) is 1. The van der Waals surface area contributed by atoms with Crippen LogP contribution in [0.2, 0.25) is 0 Å². The van der Waals surface area contributed by atoms with Crippen molar-refractivity contribution in [3.63, 3.8) is 0 Å². The van der Waals surface area contributed by atoms with Gasteiger partial charge >= 0.3 is 0 Å². The number of amides is 1. The predicted molar refractivity (Wildman–Crippen MR) is 75.6 cm³/mol. The van der Waals surface area contributed by atoms with Crippen molar-refractivity contribution in [2.45, 2.75) is 45.1 Å². The molecule has 0 radical (unpaired) electrons. The molecule has 0 aromatic heterocycles. The fourth-order valence-electron chi connectivity index (χ4n) is 2.81. The zero-order valence-corrected chi connectivity index (χ0v) is 11.6. The molecule has 0 spiro atoms. The summed E-state index contributed by atoms with van der Waals surface area (Å²) in [7, 11) is 0. The van der Waals surface area contributed by atoms with Gasteiger partial charge in [0, 0.05) is 5.41 Å². The highest BCUT2D eigenvalue weighted by Gasteiger charge is 2.35. The molecular weight excluding hydrogens is 238 g/mol. The first-order valence-corrected chi connectivity index (χ1v) is 7.12. The third-order valence-electron chi connectivity index (χ3n) is 4.20. The molecule has 2 rings (SSSR count). The second kappa shape index (κ2) is 6.20. The smallest absolute Gasteiger partial charge is 0.226 e. The standard InChI is InChI=1S/C16H23NO2/c1-16(10-6-3-7-11-16)15(19)17-14(12-18)13-8-4-2-5-9-13/h2,4-5,8-9,14,18H,3,6-7,10-12H2,1H3,(H,17,19)/t14-/m0/s1. The van der Waals surface area contributed by atoms with Crippen molar-refractivity contribution in [2.75, 3.05) is 6.61 Å².